The van der Waals surface area contributed by atoms with Crippen molar-refractivity contribution in [2.45, 2.75) is 6.42 Å². The summed E-state index contributed by atoms with van der Waals surface area (Å²) in [5, 5.41) is 1.30. The summed E-state index contributed by atoms with van der Waals surface area (Å²) in [5.41, 5.74) is 0.512. The lowest BCUT2D eigenvalue weighted by atomic mass is 10.2. The average Bonchev–Trinajstić information content (AvgIpc) is 2.75. The van der Waals surface area contributed by atoms with Gasteiger partial charge in [0.05, 0.1) is 18.8 Å². The molecule has 0 fully saturated rings. The Balaban J connectivity index is 1.60. The van der Waals surface area contributed by atoms with Crippen LogP contribution in [-0.4, -0.2) is 19.2 Å². The number of esters is 1. The average molecular weight is 380 g/mol. The van der Waals surface area contributed by atoms with E-state index in [4.69, 9.17) is 9.26 Å². The molecule has 0 heterocycles. The normalized spacial score (nSPS) is 11.1. The van der Waals surface area contributed by atoms with Crippen molar-refractivity contribution in [3.63, 3.8) is 0 Å². The molecular weight excluding hydrogens is 359 g/mol. The monoisotopic (exact) mass is 380 g/mol. The van der Waals surface area contributed by atoms with Crippen molar-refractivity contribution in [3.05, 3.63) is 96.6 Å². The molecule has 0 spiro atoms. The first-order valence-corrected chi connectivity index (χ1v) is 10.4. The minimum Gasteiger partial charge on any atom is -0.462 e. The fraction of sp³-hybridized carbons (Fsp3) is 0.136. The number of ether oxygens (including phenoxy) is 1. The van der Waals surface area contributed by atoms with Crippen LogP contribution in [0, 0.1) is 0 Å². The smallest absolute Gasteiger partial charge is 0.338 e. The van der Waals surface area contributed by atoms with E-state index in [0.717, 1.165) is 0 Å². The highest BCUT2D eigenvalue weighted by molar-refractivity contribution is 7.74. The molecule has 0 saturated carbocycles. The van der Waals surface area contributed by atoms with Gasteiger partial charge in [-0.2, -0.15) is 0 Å². The Labute approximate surface area is 159 Å². The van der Waals surface area contributed by atoms with Crippen LogP contribution in [-0.2, 0) is 13.8 Å². The molecule has 3 aromatic carbocycles. The molecule has 0 radical (unpaired) electrons. The minimum atomic E-state index is -3.19. The maximum Gasteiger partial charge on any atom is 0.338 e. The van der Waals surface area contributed by atoms with E-state index in [1.807, 2.05) is 66.7 Å². The lowest BCUT2D eigenvalue weighted by Crippen LogP contribution is -2.19. The molecule has 0 aliphatic carbocycles. The molecule has 0 bridgehead atoms. The first-order chi connectivity index (χ1) is 13.2. The lowest BCUT2D eigenvalue weighted by molar-refractivity contribution is 0.0487. The summed E-state index contributed by atoms with van der Waals surface area (Å²) in [6.07, 6.45) is 0.461. The van der Waals surface area contributed by atoms with Gasteiger partial charge in [0.15, 0.2) is 0 Å². The molecule has 0 aromatic heterocycles. The highest BCUT2D eigenvalue weighted by Crippen LogP contribution is 2.44. The van der Waals surface area contributed by atoms with Crippen LogP contribution in [0.3, 0.4) is 0 Å². The van der Waals surface area contributed by atoms with E-state index < -0.39 is 7.37 Å². The zero-order valence-corrected chi connectivity index (χ0v) is 15.8. The third kappa shape index (κ3) is 4.94. The third-order valence-electron chi connectivity index (χ3n) is 4.00. The van der Waals surface area contributed by atoms with Gasteiger partial charge in [-0.25, -0.2) is 4.79 Å². The maximum atomic E-state index is 13.6. The van der Waals surface area contributed by atoms with E-state index in [-0.39, 0.29) is 19.2 Å². The summed E-state index contributed by atoms with van der Waals surface area (Å²) in [4.78, 5) is 11.9. The molecule has 4 nitrogen and oxygen atoms in total. The van der Waals surface area contributed by atoms with Gasteiger partial charge in [-0.1, -0.05) is 54.6 Å². The number of rotatable bonds is 8. The second kappa shape index (κ2) is 9.31. The van der Waals surface area contributed by atoms with E-state index in [2.05, 4.69) is 0 Å². The summed E-state index contributed by atoms with van der Waals surface area (Å²) < 4.78 is 24.7. The number of hydrogen-bond donors (Lipinski definition) is 0. The first-order valence-electron chi connectivity index (χ1n) is 8.78. The van der Waals surface area contributed by atoms with Gasteiger partial charge in [-0.05, 0) is 36.4 Å². The number of hydrogen-bond acceptors (Lipinski definition) is 4. The van der Waals surface area contributed by atoms with Crippen LogP contribution in [0.15, 0.2) is 91.0 Å². The Kier molecular flexibility index (Phi) is 6.59. The van der Waals surface area contributed by atoms with Gasteiger partial charge >= 0.3 is 5.97 Å². The zero-order valence-electron chi connectivity index (χ0n) is 14.9. The summed E-state index contributed by atoms with van der Waals surface area (Å²) in [5.74, 6) is -0.370. The van der Waals surface area contributed by atoms with Crippen LogP contribution >= 0.6 is 7.37 Å². The maximum absolute atomic E-state index is 13.6. The summed E-state index contributed by atoms with van der Waals surface area (Å²) in [6, 6.07) is 27.2. The van der Waals surface area contributed by atoms with Gasteiger partial charge in [0.1, 0.15) is 0 Å². The van der Waals surface area contributed by atoms with Crippen LogP contribution in [0.1, 0.15) is 16.8 Å². The van der Waals surface area contributed by atoms with Gasteiger partial charge in [-0.15, -0.1) is 0 Å². The molecule has 138 valence electrons. The minimum absolute atomic E-state index is 0.206. The Morgan fingerprint density at radius 1 is 0.704 bits per heavy atom. The molecular formula is C22H21O4P. The second-order valence-corrected chi connectivity index (χ2v) is 8.31. The van der Waals surface area contributed by atoms with Crippen molar-refractivity contribution in [1.29, 1.82) is 0 Å². The van der Waals surface area contributed by atoms with E-state index in [0.29, 0.717) is 22.6 Å². The molecule has 0 N–H and O–H groups in total. The number of benzene rings is 3. The van der Waals surface area contributed by atoms with Gasteiger partial charge in [0.2, 0.25) is 0 Å². The highest BCUT2D eigenvalue weighted by atomic mass is 31.2. The van der Waals surface area contributed by atoms with Gasteiger partial charge in [0, 0.05) is 17.0 Å². The molecule has 0 aliphatic rings. The summed E-state index contributed by atoms with van der Waals surface area (Å²) in [7, 11) is -3.19. The van der Waals surface area contributed by atoms with Gasteiger partial charge in [0.25, 0.3) is 7.37 Å². The van der Waals surface area contributed by atoms with Gasteiger partial charge in [-0.3, -0.25) is 4.57 Å². The predicted octanol–water partition coefficient (Wildman–Crippen LogP) is 4.18. The van der Waals surface area contributed by atoms with Crippen molar-refractivity contribution in [2.24, 2.45) is 0 Å². The van der Waals surface area contributed by atoms with Crippen LogP contribution in [0.2, 0.25) is 0 Å². The molecule has 0 saturated heterocycles. The van der Waals surface area contributed by atoms with E-state index >= 15 is 0 Å². The lowest BCUT2D eigenvalue weighted by Gasteiger charge is -2.19. The highest BCUT2D eigenvalue weighted by Gasteiger charge is 2.28. The Morgan fingerprint density at radius 3 is 1.70 bits per heavy atom. The standard InChI is InChI=1S/C22H21O4P/c23-22(19-11-4-1-5-12-19)25-17-10-18-26-27(24,20-13-6-2-7-14-20)21-15-8-3-9-16-21/h1-9,11-16H,10,17-18H2. The Bertz CT molecular complexity index is 852. The van der Waals surface area contributed by atoms with Gasteiger partial charge < -0.3 is 9.26 Å². The molecule has 3 rings (SSSR count). The topological polar surface area (TPSA) is 52.6 Å². The molecule has 3 aromatic rings. The van der Waals surface area contributed by atoms with Crippen molar-refractivity contribution < 1.29 is 18.6 Å². The number of carbonyl (C=O) groups is 1. The van der Waals surface area contributed by atoms with Crippen molar-refractivity contribution in [2.75, 3.05) is 13.2 Å². The van der Waals surface area contributed by atoms with E-state index in [1.165, 1.54) is 0 Å². The van der Waals surface area contributed by atoms with Crippen LogP contribution < -0.4 is 10.6 Å². The van der Waals surface area contributed by atoms with Crippen molar-refractivity contribution >= 4 is 23.9 Å². The molecule has 0 aliphatic heterocycles. The zero-order chi connectivity index (χ0) is 19.0. The molecule has 0 atom stereocenters. The van der Waals surface area contributed by atoms with Crippen LogP contribution in [0.5, 0.6) is 0 Å². The Morgan fingerprint density at radius 2 is 1.19 bits per heavy atom. The fourth-order valence-corrected chi connectivity index (χ4v) is 4.73. The molecule has 5 heteroatoms. The predicted molar refractivity (Wildman–Crippen MR) is 107 cm³/mol. The molecule has 0 unspecified atom stereocenters. The number of carbonyl (C=O) groups excluding carboxylic acids is 1. The fourth-order valence-electron chi connectivity index (χ4n) is 2.62. The largest absolute Gasteiger partial charge is 0.462 e. The van der Waals surface area contributed by atoms with E-state index in [1.54, 1.807) is 24.3 Å². The molecule has 0 amide bonds. The third-order valence-corrected chi connectivity index (χ3v) is 6.50. The summed E-state index contributed by atoms with van der Waals surface area (Å²) in [6.45, 7) is 0.431. The first kappa shape index (κ1) is 19.1. The molecule has 27 heavy (non-hydrogen) atoms. The summed E-state index contributed by atoms with van der Waals surface area (Å²) >= 11 is 0. The second-order valence-electron chi connectivity index (χ2n) is 5.91. The van der Waals surface area contributed by atoms with Crippen LogP contribution in [0.4, 0.5) is 0 Å². The Hall–Kier alpha value is -2.68. The van der Waals surface area contributed by atoms with Crippen molar-refractivity contribution in [1.82, 2.24) is 0 Å². The van der Waals surface area contributed by atoms with Crippen LogP contribution in [0.25, 0.3) is 0 Å². The quantitative estimate of drug-likeness (QED) is 0.334. The van der Waals surface area contributed by atoms with Crippen molar-refractivity contribution in [3.8, 4) is 0 Å². The van der Waals surface area contributed by atoms with E-state index in [9.17, 15) is 9.36 Å². The SMILES string of the molecule is O=C(OCCCOP(=O)(c1ccccc1)c1ccccc1)c1ccccc1.